The van der Waals surface area contributed by atoms with Gasteiger partial charge in [-0.25, -0.2) is 0 Å². The molecule has 8 heteroatoms. The summed E-state index contributed by atoms with van der Waals surface area (Å²) in [5.74, 6) is -0.0548. The van der Waals surface area contributed by atoms with Crippen LogP contribution in [0.15, 0.2) is 0 Å². The average Bonchev–Trinajstić information content (AvgIpc) is 3.23. The van der Waals surface area contributed by atoms with Gasteiger partial charge >= 0.3 is 23.9 Å². The fourth-order valence-electron chi connectivity index (χ4n) is 9.12. The van der Waals surface area contributed by atoms with Gasteiger partial charge in [0, 0.05) is 39.0 Å². The topological polar surface area (TPSA) is 116 Å². The van der Waals surface area contributed by atoms with Crippen molar-refractivity contribution in [2.24, 2.45) is 46.8 Å². The number of aliphatic carboxylic acids is 1. The summed E-state index contributed by atoms with van der Waals surface area (Å²) in [7, 11) is 0. The second kappa shape index (κ2) is 10.9. The van der Waals surface area contributed by atoms with Crippen molar-refractivity contribution in [2.45, 2.75) is 111 Å². The molecule has 8 nitrogen and oxygen atoms in total. The fraction of sp³-hybridized carbons (Fsp3) is 0.862. The van der Waals surface area contributed by atoms with Crippen molar-refractivity contribution < 1.29 is 38.5 Å². The monoisotopic (exact) mass is 520 g/mol. The number of carbonyl (C=O) groups excluding carboxylic acids is 3. The van der Waals surface area contributed by atoms with Gasteiger partial charge in [0.15, 0.2) is 0 Å². The fourth-order valence-corrected chi connectivity index (χ4v) is 9.12. The van der Waals surface area contributed by atoms with Crippen molar-refractivity contribution in [1.82, 2.24) is 0 Å². The zero-order chi connectivity index (χ0) is 27.1. The number of carboxylic acids is 1. The van der Waals surface area contributed by atoms with E-state index in [0.29, 0.717) is 6.42 Å². The van der Waals surface area contributed by atoms with Crippen LogP contribution in [-0.4, -0.2) is 47.3 Å². The van der Waals surface area contributed by atoms with E-state index in [1.807, 2.05) is 0 Å². The van der Waals surface area contributed by atoms with Gasteiger partial charge in [0.05, 0.1) is 0 Å². The van der Waals surface area contributed by atoms with Gasteiger partial charge in [-0.3, -0.25) is 19.2 Å². The predicted molar refractivity (Wildman–Crippen MR) is 134 cm³/mol. The molecule has 37 heavy (non-hydrogen) atoms. The van der Waals surface area contributed by atoms with E-state index in [4.69, 9.17) is 14.2 Å². The summed E-state index contributed by atoms with van der Waals surface area (Å²) in [5, 5.41) is 9.24. The van der Waals surface area contributed by atoms with E-state index in [1.54, 1.807) is 0 Å². The standard InChI is InChI=1S/C29H44O8/c1-15(6-9-26(33)34)21-7-8-22-27(21)25(37-18(4)32)14-23-28(22)24(36-17(3)31)13-19-12-20(35-16(2)30)10-11-29(19,23)5/h15,19-25,27-28H,6-14H2,1-5H3,(H,33,34)/t15-,19-,20?,21?,22+,23-,24?,25?,27?,28-,29-/m0/s1. The molecule has 0 saturated heterocycles. The minimum Gasteiger partial charge on any atom is -0.481 e. The minimum atomic E-state index is -0.785. The third-order valence-electron chi connectivity index (χ3n) is 10.5. The van der Waals surface area contributed by atoms with Gasteiger partial charge in [-0.2, -0.15) is 0 Å². The quantitative estimate of drug-likeness (QED) is 0.377. The molecule has 5 unspecified atom stereocenters. The normalized spacial score (nSPS) is 41.4. The van der Waals surface area contributed by atoms with Crippen molar-refractivity contribution in [3.8, 4) is 0 Å². The molecular weight excluding hydrogens is 476 g/mol. The van der Waals surface area contributed by atoms with E-state index < -0.39 is 5.97 Å². The first-order valence-electron chi connectivity index (χ1n) is 14.1. The summed E-state index contributed by atoms with van der Waals surface area (Å²) < 4.78 is 17.7. The molecule has 0 aliphatic heterocycles. The molecule has 0 aromatic carbocycles. The Hall–Kier alpha value is -2.12. The number of carbonyl (C=O) groups is 4. The van der Waals surface area contributed by atoms with Crippen molar-refractivity contribution in [2.75, 3.05) is 0 Å². The van der Waals surface area contributed by atoms with Crippen LogP contribution in [0.5, 0.6) is 0 Å². The zero-order valence-electron chi connectivity index (χ0n) is 22.9. The van der Waals surface area contributed by atoms with E-state index in [-0.39, 0.29) is 89.5 Å². The van der Waals surface area contributed by atoms with Gasteiger partial charge in [-0.1, -0.05) is 13.8 Å². The summed E-state index contributed by atoms with van der Waals surface area (Å²) in [4.78, 5) is 47.4. The number of esters is 3. The molecule has 0 heterocycles. The maximum atomic E-state index is 12.3. The molecule has 0 spiro atoms. The number of ether oxygens (including phenoxy) is 3. The van der Waals surface area contributed by atoms with Crippen molar-refractivity contribution in [1.29, 1.82) is 0 Å². The van der Waals surface area contributed by atoms with E-state index >= 15 is 0 Å². The van der Waals surface area contributed by atoms with Crippen LogP contribution in [0, 0.1) is 46.8 Å². The van der Waals surface area contributed by atoms with Crippen LogP contribution >= 0.6 is 0 Å². The number of carboxylic acid groups (broad SMARTS) is 1. The van der Waals surface area contributed by atoms with E-state index in [1.165, 1.54) is 20.8 Å². The lowest BCUT2D eigenvalue weighted by Crippen LogP contribution is -2.60. The predicted octanol–water partition coefficient (Wildman–Crippen LogP) is 4.77. The van der Waals surface area contributed by atoms with E-state index in [9.17, 15) is 24.3 Å². The summed E-state index contributed by atoms with van der Waals surface area (Å²) in [6.45, 7) is 8.86. The third-order valence-corrected chi connectivity index (χ3v) is 10.5. The molecule has 208 valence electrons. The Balaban J connectivity index is 1.66. The number of rotatable bonds is 7. The zero-order valence-corrected chi connectivity index (χ0v) is 22.9. The largest absolute Gasteiger partial charge is 0.481 e. The van der Waals surface area contributed by atoms with Crippen LogP contribution in [0.1, 0.15) is 92.4 Å². The molecule has 0 amide bonds. The molecule has 11 atom stereocenters. The third kappa shape index (κ3) is 5.68. The highest BCUT2D eigenvalue weighted by Gasteiger charge is 2.63. The van der Waals surface area contributed by atoms with E-state index in [0.717, 1.165) is 44.9 Å². The van der Waals surface area contributed by atoms with Crippen molar-refractivity contribution in [3.05, 3.63) is 0 Å². The Bertz CT molecular complexity index is 900. The molecule has 4 rings (SSSR count). The number of fused-ring (bicyclic) bond motifs is 5. The highest BCUT2D eigenvalue weighted by Crippen LogP contribution is 2.65. The summed E-state index contributed by atoms with van der Waals surface area (Å²) >= 11 is 0. The molecule has 0 aromatic rings. The Morgan fingerprint density at radius 1 is 0.865 bits per heavy atom. The first kappa shape index (κ1) is 27.9. The second-order valence-corrected chi connectivity index (χ2v) is 12.6. The first-order valence-corrected chi connectivity index (χ1v) is 14.1. The molecule has 4 aliphatic rings. The molecule has 0 radical (unpaired) electrons. The van der Waals surface area contributed by atoms with Crippen LogP contribution < -0.4 is 0 Å². The van der Waals surface area contributed by atoms with E-state index in [2.05, 4.69) is 13.8 Å². The maximum absolute atomic E-state index is 12.3. The summed E-state index contributed by atoms with van der Waals surface area (Å²) in [6, 6.07) is 0. The molecule has 4 fully saturated rings. The van der Waals surface area contributed by atoms with Gasteiger partial charge in [0.25, 0.3) is 0 Å². The number of hydrogen-bond donors (Lipinski definition) is 1. The Labute approximate surface area is 220 Å². The SMILES string of the molecule is CC(=O)OC1CC[C@@]2(C)[C@@H](C1)CC(OC(C)=O)[C@H]1[C@@H]3CCC([C@@H](C)CCC(=O)O)C3C(OC(C)=O)C[C@@H]12. The molecular formula is C29H44O8. The Morgan fingerprint density at radius 2 is 1.49 bits per heavy atom. The maximum Gasteiger partial charge on any atom is 0.303 e. The van der Waals surface area contributed by atoms with Crippen molar-refractivity contribution >= 4 is 23.9 Å². The molecule has 4 saturated carbocycles. The van der Waals surface area contributed by atoms with Crippen LogP contribution in [0.25, 0.3) is 0 Å². The van der Waals surface area contributed by atoms with Gasteiger partial charge in [0.1, 0.15) is 18.3 Å². The lowest BCUT2D eigenvalue weighted by molar-refractivity contribution is -0.206. The van der Waals surface area contributed by atoms with Crippen LogP contribution in [0.4, 0.5) is 0 Å². The lowest BCUT2D eigenvalue weighted by atomic mass is 9.45. The molecule has 4 aliphatic carbocycles. The van der Waals surface area contributed by atoms with Crippen LogP contribution in [0.3, 0.4) is 0 Å². The van der Waals surface area contributed by atoms with Gasteiger partial charge in [0.2, 0.25) is 0 Å². The molecule has 0 aromatic heterocycles. The second-order valence-electron chi connectivity index (χ2n) is 12.6. The first-order chi connectivity index (χ1) is 17.4. The van der Waals surface area contributed by atoms with Crippen LogP contribution in [0.2, 0.25) is 0 Å². The highest BCUT2D eigenvalue weighted by atomic mass is 16.6. The van der Waals surface area contributed by atoms with Crippen LogP contribution in [-0.2, 0) is 33.4 Å². The number of hydrogen-bond acceptors (Lipinski definition) is 7. The minimum absolute atomic E-state index is 0.0195. The molecule has 0 bridgehead atoms. The van der Waals surface area contributed by atoms with Gasteiger partial charge in [-0.05, 0) is 86.4 Å². The Morgan fingerprint density at radius 3 is 2.08 bits per heavy atom. The lowest BCUT2D eigenvalue weighted by Gasteiger charge is -2.61. The van der Waals surface area contributed by atoms with Gasteiger partial charge < -0.3 is 19.3 Å². The summed E-state index contributed by atoms with van der Waals surface area (Å²) in [6.07, 6.45) is 6.13. The smallest absolute Gasteiger partial charge is 0.303 e. The molecule has 1 N–H and O–H groups in total. The average molecular weight is 521 g/mol. The highest BCUT2D eigenvalue weighted by molar-refractivity contribution is 5.67. The van der Waals surface area contributed by atoms with Crippen molar-refractivity contribution in [3.63, 3.8) is 0 Å². The Kier molecular flexibility index (Phi) is 8.25. The summed E-state index contributed by atoms with van der Waals surface area (Å²) in [5.41, 5.74) is -0.0195. The van der Waals surface area contributed by atoms with Gasteiger partial charge in [-0.15, -0.1) is 0 Å².